The first-order chi connectivity index (χ1) is 10.1. The Hall–Kier alpha value is -1.36. The normalized spacial score (nSPS) is 21.9. The number of carbonyl (C=O) groups excluding carboxylic acids is 1. The van der Waals surface area contributed by atoms with Crippen LogP contribution in [0.25, 0.3) is 0 Å². The van der Waals surface area contributed by atoms with E-state index in [1.165, 1.54) is 0 Å². The minimum atomic E-state index is -0.979. The minimum absolute atomic E-state index is 0.208. The summed E-state index contributed by atoms with van der Waals surface area (Å²) in [7, 11) is 0. The molecular weight excluding hydrogens is 354 g/mol. The second-order valence-electron chi connectivity index (χ2n) is 5.01. The van der Waals surface area contributed by atoms with Crippen molar-refractivity contribution in [2.45, 2.75) is 18.6 Å². The second-order valence-corrected chi connectivity index (χ2v) is 6.36. The van der Waals surface area contributed by atoms with Crippen LogP contribution in [0.1, 0.15) is 18.0 Å². The summed E-state index contributed by atoms with van der Waals surface area (Å²) in [5, 5.41) is 10.6. The summed E-state index contributed by atoms with van der Waals surface area (Å²) in [5.74, 6) is -0.280. The van der Waals surface area contributed by atoms with Gasteiger partial charge in [-0.05, 0) is 35.9 Å². The quantitative estimate of drug-likeness (QED) is 0.874. The van der Waals surface area contributed by atoms with E-state index in [-0.39, 0.29) is 11.9 Å². The number of nitrogens with zero attached hydrogens (tertiary/aromatic N) is 1. The van der Waals surface area contributed by atoms with E-state index in [1.54, 1.807) is 11.0 Å². The number of benzene rings is 2. The van der Waals surface area contributed by atoms with Crippen molar-refractivity contribution in [2.75, 3.05) is 4.90 Å². The fraction of sp³-hybridized carbons (Fsp3) is 0.188. The van der Waals surface area contributed by atoms with Crippen molar-refractivity contribution < 1.29 is 9.90 Å². The van der Waals surface area contributed by atoms with E-state index < -0.39 is 6.10 Å². The number of hydrogen-bond acceptors (Lipinski definition) is 2. The maximum atomic E-state index is 12.3. The van der Waals surface area contributed by atoms with Crippen LogP contribution in [-0.2, 0) is 4.79 Å². The van der Waals surface area contributed by atoms with Crippen LogP contribution < -0.4 is 4.90 Å². The van der Waals surface area contributed by atoms with Crippen LogP contribution in [0.2, 0.25) is 5.02 Å². The highest BCUT2D eigenvalue weighted by Gasteiger charge is 2.40. The highest BCUT2D eigenvalue weighted by atomic mass is 79.9. The molecule has 1 saturated heterocycles. The van der Waals surface area contributed by atoms with E-state index in [0.717, 1.165) is 15.7 Å². The molecule has 2 atom stereocenters. The molecule has 1 aliphatic heterocycles. The van der Waals surface area contributed by atoms with Gasteiger partial charge in [-0.2, -0.15) is 0 Å². The standard InChI is InChI=1S/C16H13BrClNO2/c17-11-4-2-6-13(8-11)19-14(9-15(20)16(19)21)10-3-1-5-12(18)7-10/h1-8,14-15,20H,9H2. The van der Waals surface area contributed by atoms with Crippen molar-refractivity contribution in [1.29, 1.82) is 0 Å². The summed E-state index contributed by atoms with van der Waals surface area (Å²) in [5.41, 5.74) is 1.68. The predicted octanol–water partition coefficient (Wildman–Crippen LogP) is 3.94. The molecule has 3 rings (SSSR count). The molecule has 1 heterocycles. The van der Waals surface area contributed by atoms with Gasteiger partial charge in [0, 0.05) is 21.6 Å². The third-order valence-electron chi connectivity index (χ3n) is 3.60. The largest absolute Gasteiger partial charge is 0.383 e. The lowest BCUT2D eigenvalue weighted by Crippen LogP contribution is -2.30. The van der Waals surface area contributed by atoms with Crippen LogP contribution >= 0.6 is 27.5 Å². The van der Waals surface area contributed by atoms with E-state index in [9.17, 15) is 9.90 Å². The molecule has 2 aromatic rings. The van der Waals surface area contributed by atoms with Crippen molar-refractivity contribution >= 4 is 39.1 Å². The molecule has 0 aromatic heterocycles. The number of carbonyl (C=O) groups is 1. The Morgan fingerprint density at radius 3 is 2.67 bits per heavy atom. The Bertz CT molecular complexity index is 691. The molecule has 0 spiro atoms. The number of anilines is 1. The molecule has 2 unspecified atom stereocenters. The molecule has 0 bridgehead atoms. The van der Waals surface area contributed by atoms with Crippen LogP contribution in [0.15, 0.2) is 53.0 Å². The fourth-order valence-electron chi connectivity index (χ4n) is 2.66. The van der Waals surface area contributed by atoms with E-state index in [1.807, 2.05) is 42.5 Å². The number of rotatable bonds is 2. The van der Waals surface area contributed by atoms with Gasteiger partial charge in [0.1, 0.15) is 6.10 Å². The lowest BCUT2D eigenvalue weighted by Gasteiger charge is -2.25. The second kappa shape index (κ2) is 5.79. The fourth-order valence-corrected chi connectivity index (χ4v) is 3.25. The zero-order chi connectivity index (χ0) is 15.0. The van der Waals surface area contributed by atoms with Gasteiger partial charge in [-0.15, -0.1) is 0 Å². The van der Waals surface area contributed by atoms with E-state index in [0.29, 0.717) is 11.4 Å². The minimum Gasteiger partial charge on any atom is -0.383 e. The van der Waals surface area contributed by atoms with Crippen LogP contribution in [0.3, 0.4) is 0 Å². The van der Waals surface area contributed by atoms with Gasteiger partial charge in [-0.25, -0.2) is 0 Å². The zero-order valence-corrected chi connectivity index (χ0v) is 13.4. The maximum Gasteiger partial charge on any atom is 0.256 e. The number of halogens is 2. The molecule has 1 aliphatic rings. The van der Waals surface area contributed by atoms with Gasteiger partial charge in [0.15, 0.2) is 0 Å². The Morgan fingerprint density at radius 2 is 1.95 bits per heavy atom. The highest BCUT2D eigenvalue weighted by Crippen LogP contribution is 2.38. The van der Waals surface area contributed by atoms with Crippen LogP contribution in [0, 0.1) is 0 Å². The van der Waals surface area contributed by atoms with Gasteiger partial charge in [0.2, 0.25) is 0 Å². The summed E-state index contributed by atoms with van der Waals surface area (Å²) in [6.45, 7) is 0. The Labute approximate surface area is 136 Å². The average Bonchev–Trinajstić information content (AvgIpc) is 2.75. The smallest absolute Gasteiger partial charge is 0.256 e. The van der Waals surface area contributed by atoms with Gasteiger partial charge < -0.3 is 10.0 Å². The summed E-state index contributed by atoms with van der Waals surface area (Å²) >= 11 is 9.45. The molecular formula is C16H13BrClNO2. The van der Waals surface area contributed by atoms with Crippen molar-refractivity contribution in [3.05, 3.63) is 63.6 Å². The molecule has 0 saturated carbocycles. The van der Waals surface area contributed by atoms with Gasteiger partial charge in [0.25, 0.3) is 5.91 Å². The lowest BCUT2D eigenvalue weighted by molar-refractivity contribution is -0.124. The molecule has 5 heteroatoms. The summed E-state index contributed by atoms with van der Waals surface area (Å²) in [4.78, 5) is 14.0. The molecule has 2 aromatic carbocycles. The van der Waals surface area contributed by atoms with Gasteiger partial charge >= 0.3 is 0 Å². The number of amides is 1. The summed E-state index contributed by atoms with van der Waals surface area (Å²) in [6, 6.07) is 14.7. The third kappa shape index (κ3) is 2.84. The van der Waals surface area contributed by atoms with Gasteiger partial charge in [-0.3, -0.25) is 4.79 Å². The zero-order valence-electron chi connectivity index (χ0n) is 11.0. The summed E-state index contributed by atoms with van der Waals surface area (Å²) in [6.07, 6.45) is -0.612. The number of aliphatic hydroxyl groups excluding tert-OH is 1. The predicted molar refractivity (Wildman–Crippen MR) is 86.4 cm³/mol. The molecule has 1 N–H and O–H groups in total. The van der Waals surface area contributed by atoms with E-state index in [4.69, 9.17) is 11.6 Å². The molecule has 0 radical (unpaired) electrons. The maximum absolute atomic E-state index is 12.3. The molecule has 0 aliphatic carbocycles. The van der Waals surface area contributed by atoms with E-state index in [2.05, 4.69) is 15.9 Å². The Kier molecular flexibility index (Phi) is 4.02. The van der Waals surface area contributed by atoms with Gasteiger partial charge in [0.05, 0.1) is 6.04 Å². The highest BCUT2D eigenvalue weighted by molar-refractivity contribution is 9.10. The topological polar surface area (TPSA) is 40.5 Å². The molecule has 3 nitrogen and oxygen atoms in total. The Morgan fingerprint density at radius 1 is 1.19 bits per heavy atom. The number of hydrogen-bond donors (Lipinski definition) is 1. The van der Waals surface area contributed by atoms with Gasteiger partial charge in [-0.1, -0.05) is 45.7 Å². The van der Waals surface area contributed by atoms with Crippen LogP contribution in [0.4, 0.5) is 5.69 Å². The SMILES string of the molecule is O=C1C(O)CC(c2cccc(Cl)c2)N1c1cccc(Br)c1. The molecule has 1 amide bonds. The lowest BCUT2D eigenvalue weighted by atomic mass is 10.0. The summed E-state index contributed by atoms with van der Waals surface area (Å²) < 4.78 is 0.888. The number of aliphatic hydroxyl groups is 1. The van der Waals surface area contributed by atoms with Crippen LogP contribution in [0.5, 0.6) is 0 Å². The van der Waals surface area contributed by atoms with Crippen molar-refractivity contribution in [1.82, 2.24) is 0 Å². The first-order valence-electron chi connectivity index (χ1n) is 6.58. The first kappa shape index (κ1) is 14.6. The molecule has 1 fully saturated rings. The molecule has 108 valence electrons. The van der Waals surface area contributed by atoms with Crippen molar-refractivity contribution in [2.24, 2.45) is 0 Å². The first-order valence-corrected chi connectivity index (χ1v) is 7.75. The third-order valence-corrected chi connectivity index (χ3v) is 4.33. The van der Waals surface area contributed by atoms with Crippen molar-refractivity contribution in [3.8, 4) is 0 Å². The Balaban J connectivity index is 2.04. The average molecular weight is 367 g/mol. The van der Waals surface area contributed by atoms with Crippen LogP contribution in [-0.4, -0.2) is 17.1 Å². The monoisotopic (exact) mass is 365 g/mol. The van der Waals surface area contributed by atoms with E-state index >= 15 is 0 Å². The molecule has 21 heavy (non-hydrogen) atoms. The van der Waals surface area contributed by atoms with Crippen molar-refractivity contribution in [3.63, 3.8) is 0 Å².